The summed E-state index contributed by atoms with van der Waals surface area (Å²) in [5.74, 6) is -0.0321. The topological polar surface area (TPSA) is 54.0 Å². The molecule has 0 saturated carbocycles. The van der Waals surface area contributed by atoms with Gasteiger partial charge in [0.1, 0.15) is 5.82 Å². The molecule has 1 fully saturated rings. The summed E-state index contributed by atoms with van der Waals surface area (Å²) >= 11 is 0. The van der Waals surface area contributed by atoms with Crippen LogP contribution in [0.4, 0.5) is 10.1 Å². The first-order valence-electron chi connectivity index (χ1n) is 12.1. The molecule has 0 radical (unpaired) electrons. The number of rotatable bonds is 4. The molecule has 1 N–H and O–H groups in total. The largest absolute Gasteiger partial charge is 0.378 e. The smallest absolute Gasteiger partial charge is 0.123 e. The standard InChI is InChI=1S/C29H27FN4O/c1-18(2)27-28(19-3-7-22(30)8-4-19)24-15-21-17-31-33-25(21)16-26(24)32-29(27)20-5-9-23(10-6-20)34-11-13-35-14-12-34/h3-10,15-18H,11-14H2,1-2H3,(H,31,33). The van der Waals surface area contributed by atoms with E-state index in [9.17, 15) is 4.39 Å². The van der Waals surface area contributed by atoms with Gasteiger partial charge in [-0.05, 0) is 59.0 Å². The van der Waals surface area contributed by atoms with Crippen LogP contribution in [0, 0.1) is 5.82 Å². The third-order valence-corrected chi connectivity index (χ3v) is 6.81. The van der Waals surface area contributed by atoms with E-state index in [1.807, 2.05) is 18.3 Å². The molecule has 0 bridgehead atoms. The highest BCUT2D eigenvalue weighted by atomic mass is 19.1. The summed E-state index contributed by atoms with van der Waals surface area (Å²) in [6.07, 6.45) is 1.83. The van der Waals surface area contributed by atoms with Gasteiger partial charge in [-0.15, -0.1) is 0 Å². The number of pyridine rings is 1. The van der Waals surface area contributed by atoms with Crippen LogP contribution in [0.25, 0.3) is 44.2 Å². The first kappa shape index (κ1) is 21.7. The number of ether oxygens (including phenoxy) is 1. The van der Waals surface area contributed by atoms with Crippen molar-refractivity contribution in [3.8, 4) is 22.4 Å². The number of fused-ring (bicyclic) bond motifs is 2. The zero-order valence-corrected chi connectivity index (χ0v) is 19.9. The number of aromatic amines is 1. The highest BCUT2D eigenvalue weighted by Crippen LogP contribution is 2.42. The molecule has 6 heteroatoms. The summed E-state index contributed by atoms with van der Waals surface area (Å²) in [6.45, 7) is 7.71. The van der Waals surface area contributed by atoms with Crippen LogP contribution in [0.15, 0.2) is 66.9 Å². The lowest BCUT2D eigenvalue weighted by Crippen LogP contribution is -2.36. The summed E-state index contributed by atoms with van der Waals surface area (Å²) < 4.78 is 19.3. The molecule has 3 heterocycles. The summed E-state index contributed by atoms with van der Waals surface area (Å²) in [5, 5.41) is 9.35. The van der Waals surface area contributed by atoms with Gasteiger partial charge in [-0.2, -0.15) is 5.10 Å². The van der Waals surface area contributed by atoms with Crippen molar-refractivity contribution in [3.05, 3.63) is 78.2 Å². The molecule has 2 aromatic heterocycles. The number of hydrogen-bond acceptors (Lipinski definition) is 4. The van der Waals surface area contributed by atoms with Gasteiger partial charge in [0.2, 0.25) is 0 Å². The quantitative estimate of drug-likeness (QED) is 0.327. The summed E-state index contributed by atoms with van der Waals surface area (Å²) in [4.78, 5) is 7.54. The molecular weight excluding hydrogens is 439 g/mol. The van der Waals surface area contributed by atoms with Crippen molar-refractivity contribution >= 4 is 27.5 Å². The lowest BCUT2D eigenvalue weighted by molar-refractivity contribution is 0.122. The molecule has 5 nitrogen and oxygen atoms in total. The number of anilines is 1. The van der Waals surface area contributed by atoms with Crippen molar-refractivity contribution in [3.63, 3.8) is 0 Å². The minimum Gasteiger partial charge on any atom is -0.378 e. The van der Waals surface area contributed by atoms with E-state index in [2.05, 4.69) is 65.3 Å². The van der Waals surface area contributed by atoms with E-state index in [1.54, 1.807) is 0 Å². The van der Waals surface area contributed by atoms with Crippen LogP contribution in [0.3, 0.4) is 0 Å². The average Bonchev–Trinajstić information content (AvgIpc) is 3.35. The van der Waals surface area contributed by atoms with Gasteiger partial charge in [0.05, 0.1) is 36.1 Å². The fraction of sp³-hybridized carbons (Fsp3) is 0.241. The summed E-state index contributed by atoms with van der Waals surface area (Å²) in [7, 11) is 0. The molecule has 5 aromatic rings. The average molecular weight is 467 g/mol. The molecule has 0 unspecified atom stereocenters. The van der Waals surface area contributed by atoms with E-state index in [0.717, 1.165) is 76.1 Å². The van der Waals surface area contributed by atoms with Gasteiger partial charge in [-0.25, -0.2) is 9.37 Å². The third-order valence-electron chi connectivity index (χ3n) is 6.81. The number of morpholine rings is 1. The number of nitrogens with one attached hydrogen (secondary N) is 1. The maximum atomic E-state index is 13.8. The van der Waals surface area contributed by atoms with Crippen LogP contribution in [0.2, 0.25) is 0 Å². The molecule has 1 aliphatic heterocycles. The number of halogens is 1. The maximum absolute atomic E-state index is 13.8. The number of H-pyrrole nitrogens is 1. The fourth-order valence-corrected chi connectivity index (χ4v) is 5.08. The lowest BCUT2D eigenvalue weighted by atomic mass is 9.86. The first-order chi connectivity index (χ1) is 17.1. The van der Waals surface area contributed by atoms with Crippen LogP contribution < -0.4 is 4.90 Å². The van der Waals surface area contributed by atoms with Gasteiger partial charge in [0.25, 0.3) is 0 Å². The lowest BCUT2D eigenvalue weighted by Gasteiger charge is -2.29. The summed E-state index contributed by atoms with van der Waals surface area (Å²) in [5.41, 5.74) is 8.29. The Hall–Kier alpha value is -3.77. The highest BCUT2D eigenvalue weighted by molar-refractivity contribution is 6.05. The molecule has 1 saturated heterocycles. The number of aromatic nitrogens is 3. The first-order valence-corrected chi connectivity index (χ1v) is 12.1. The second-order valence-electron chi connectivity index (χ2n) is 9.38. The van der Waals surface area contributed by atoms with Crippen LogP contribution >= 0.6 is 0 Å². The van der Waals surface area contributed by atoms with Gasteiger partial charge >= 0.3 is 0 Å². The van der Waals surface area contributed by atoms with Crippen molar-refractivity contribution in [2.45, 2.75) is 19.8 Å². The van der Waals surface area contributed by atoms with E-state index in [1.165, 1.54) is 17.8 Å². The zero-order valence-electron chi connectivity index (χ0n) is 19.9. The molecule has 35 heavy (non-hydrogen) atoms. The van der Waals surface area contributed by atoms with Gasteiger partial charge < -0.3 is 9.64 Å². The maximum Gasteiger partial charge on any atom is 0.123 e. The molecule has 1 aliphatic rings. The van der Waals surface area contributed by atoms with Crippen LogP contribution in [0.5, 0.6) is 0 Å². The summed E-state index contributed by atoms with van der Waals surface area (Å²) in [6, 6.07) is 19.6. The Morgan fingerprint density at radius 2 is 1.66 bits per heavy atom. The van der Waals surface area contributed by atoms with Gasteiger partial charge in [0.15, 0.2) is 0 Å². The molecular formula is C29H27FN4O. The SMILES string of the molecule is CC(C)c1c(-c2ccc(N3CCOCC3)cc2)nc2cc3[nH]ncc3cc2c1-c1ccc(F)cc1. The minimum absolute atomic E-state index is 0.209. The monoisotopic (exact) mass is 466 g/mol. The second kappa shape index (κ2) is 8.78. The molecule has 0 atom stereocenters. The number of benzene rings is 3. The van der Waals surface area contributed by atoms with E-state index >= 15 is 0 Å². The molecule has 176 valence electrons. The van der Waals surface area contributed by atoms with Crippen molar-refractivity contribution in [1.29, 1.82) is 0 Å². The Balaban J connectivity index is 1.59. The van der Waals surface area contributed by atoms with Crippen LogP contribution in [0.1, 0.15) is 25.3 Å². The second-order valence-corrected chi connectivity index (χ2v) is 9.38. The minimum atomic E-state index is -0.241. The number of hydrogen-bond donors (Lipinski definition) is 1. The Morgan fingerprint density at radius 1 is 0.943 bits per heavy atom. The predicted molar refractivity (Wildman–Crippen MR) is 139 cm³/mol. The van der Waals surface area contributed by atoms with E-state index in [0.29, 0.717) is 0 Å². The zero-order chi connectivity index (χ0) is 23.9. The van der Waals surface area contributed by atoms with E-state index in [-0.39, 0.29) is 11.7 Å². The van der Waals surface area contributed by atoms with Gasteiger partial charge in [-0.1, -0.05) is 38.1 Å². The van der Waals surface area contributed by atoms with Crippen LogP contribution in [-0.4, -0.2) is 41.5 Å². The number of nitrogens with zero attached hydrogens (tertiary/aromatic N) is 3. The molecule has 0 spiro atoms. The van der Waals surface area contributed by atoms with Gasteiger partial charge in [0, 0.05) is 35.1 Å². The van der Waals surface area contributed by atoms with E-state index < -0.39 is 0 Å². The van der Waals surface area contributed by atoms with Crippen molar-refractivity contribution < 1.29 is 9.13 Å². The Labute approximate surface area is 203 Å². The highest BCUT2D eigenvalue weighted by Gasteiger charge is 2.21. The normalized spacial score (nSPS) is 14.3. The Kier molecular flexibility index (Phi) is 5.46. The van der Waals surface area contributed by atoms with Crippen molar-refractivity contribution in [2.75, 3.05) is 31.2 Å². The fourth-order valence-electron chi connectivity index (χ4n) is 5.08. The molecule has 0 aliphatic carbocycles. The predicted octanol–water partition coefficient (Wildman–Crippen LogP) is 6.54. The Morgan fingerprint density at radius 3 is 2.37 bits per heavy atom. The molecule has 0 amide bonds. The van der Waals surface area contributed by atoms with Crippen molar-refractivity contribution in [2.24, 2.45) is 0 Å². The van der Waals surface area contributed by atoms with Gasteiger partial charge in [-0.3, -0.25) is 5.10 Å². The molecule has 3 aromatic carbocycles. The Bertz CT molecular complexity index is 1500. The third kappa shape index (κ3) is 3.94. The van der Waals surface area contributed by atoms with Crippen molar-refractivity contribution in [1.82, 2.24) is 15.2 Å². The van der Waals surface area contributed by atoms with E-state index in [4.69, 9.17) is 9.72 Å². The molecule has 6 rings (SSSR count). The van der Waals surface area contributed by atoms with Crippen LogP contribution in [-0.2, 0) is 4.74 Å².